The van der Waals surface area contributed by atoms with Gasteiger partial charge in [0.25, 0.3) is 0 Å². The van der Waals surface area contributed by atoms with Crippen LogP contribution in [0.1, 0.15) is 32.8 Å². The number of fused-ring (bicyclic) bond motifs is 4. The molecule has 1 heterocycles. The van der Waals surface area contributed by atoms with Gasteiger partial charge in [0.1, 0.15) is 17.3 Å². The largest absolute Gasteiger partial charge is 0.467 e. The fourth-order valence-electron chi connectivity index (χ4n) is 4.27. The first-order chi connectivity index (χ1) is 17.3. The van der Waals surface area contributed by atoms with Gasteiger partial charge < -0.3 is 19.8 Å². The Bertz CT molecular complexity index is 1460. The van der Waals surface area contributed by atoms with E-state index in [0.717, 1.165) is 38.6 Å². The van der Waals surface area contributed by atoms with Crippen LogP contribution in [0.4, 0.5) is 5.69 Å². The van der Waals surface area contributed by atoms with E-state index in [-0.39, 0.29) is 18.2 Å². The zero-order valence-electron chi connectivity index (χ0n) is 21.3. The summed E-state index contributed by atoms with van der Waals surface area (Å²) >= 11 is 0. The molecular weight excluding hydrogens is 456 g/mol. The van der Waals surface area contributed by atoms with Crippen molar-refractivity contribution in [2.75, 3.05) is 25.5 Å². The molecule has 0 aromatic heterocycles. The number of carbonyl (C=O) groups is 2. The average molecular weight is 489 g/mol. The van der Waals surface area contributed by atoms with E-state index in [4.69, 9.17) is 14.1 Å². The van der Waals surface area contributed by atoms with Crippen LogP contribution < -0.4 is 16.0 Å². The van der Waals surface area contributed by atoms with Crippen molar-refractivity contribution in [3.63, 3.8) is 0 Å². The van der Waals surface area contributed by atoms with Crippen molar-refractivity contribution < 1.29 is 18.7 Å². The number of esters is 1. The lowest BCUT2D eigenvalue weighted by Gasteiger charge is -2.20. The molecule has 36 heavy (non-hydrogen) atoms. The van der Waals surface area contributed by atoms with E-state index >= 15 is 0 Å². The minimum Gasteiger partial charge on any atom is -0.467 e. The minimum absolute atomic E-state index is 0.0721. The summed E-state index contributed by atoms with van der Waals surface area (Å²) in [4.78, 5) is 33.9. The molecule has 2 N–H and O–H groups in total. The Kier molecular flexibility index (Phi) is 7.52. The van der Waals surface area contributed by atoms with Crippen LogP contribution in [0.2, 0.25) is 0 Å². The molecule has 0 saturated heterocycles. The zero-order valence-corrected chi connectivity index (χ0v) is 21.3. The molecular formula is C28H32N4O4. The number of rotatable bonds is 8. The number of amides is 1. The smallest absolute Gasteiger partial charge is 0.328 e. The highest BCUT2D eigenvalue weighted by atomic mass is 16.5. The maximum atomic E-state index is 12.5. The highest BCUT2D eigenvalue weighted by Gasteiger charge is 2.24. The number of aromatic nitrogens is 1. The summed E-state index contributed by atoms with van der Waals surface area (Å²) in [6, 6.07) is 13.2. The second-order valence-corrected chi connectivity index (χ2v) is 9.10. The predicted octanol–water partition coefficient (Wildman–Crippen LogP) is 4.43. The molecule has 2 aliphatic rings. The number of ether oxygens (including phenoxy) is 1. The number of hydrogen-bond donors (Lipinski definition) is 2. The molecule has 4 rings (SSSR count). The second-order valence-electron chi connectivity index (χ2n) is 9.10. The number of methoxy groups -OCH3 is 1. The summed E-state index contributed by atoms with van der Waals surface area (Å²) in [6.45, 7) is 8.83. The number of benzene rings is 3. The molecule has 2 aromatic carbocycles. The Morgan fingerprint density at radius 3 is 2.58 bits per heavy atom. The minimum atomic E-state index is -0.671. The Balaban J connectivity index is 1.64. The van der Waals surface area contributed by atoms with E-state index in [2.05, 4.69) is 15.6 Å². The van der Waals surface area contributed by atoms with E-state index in [1.54, 1.807) is 0 Å². The van der Waals surface area contributed by atoms with E-state index in [1.807, 2.05) is 70.2 Å². The van der Waals surface area contributed by atoms with Crippen LogP contribution >= 0.6 is 0 Å². The normalized spacial score (nSPS) is 12.9. The Labute approximate surface area is 210 Å². The van der Waals surface area contributed by atoms with Gasteiger partial charge in [-0.15, -0.1) is 0 Å². The summed E-state index contributed by atoms with van der Waals surface area (Å²) in [6.07, 6.45) is 0.195. The second kappa shape index (κ2) is 10.8. The van der Waals surface area contributed by atoms with Crippen LogP contribution in [-0.2, 0) is 14.3 Å². The molecule has 1 aliphatic carbocycles. The topological polar surface area (TPSA) is 106 Å². The van der Waals surface area contributed by atoms with E-state index in [1.165, 1.54) is 7.11 Å². The highest BCUT2D eigenvalue weighted by Crippen LogP contribution is 2.34. The van der Waals surface area contributed by atoms with Crippen molar-refractivity contribution in [2.24, 2.45) is 10.9 Å². The van der Waals surface area contributed by atoms with Crippen molar-refractivity contribution in [3.8, 4) is 11.5 Å². The number of nitrogens with zero attached hydrogens (tertiary/aromatic N) is 2. The van der Waals surface area contributed by atoms with E-state index in [0.29, 0.717) is 24.4 Å². The van der Waals surface area contributed by atoms with Gasteiger partial charge in [-0.25, -0.2) is 9.78 Å². The Hall–Kier alpha value is -3.94. The molecule has 8 nitrogen and oxygen atoms in total. The van der Waals surface area contributed by atoms with Crippen molar-refractivity contribution in [1.82, 2.24) is 10.3 Å². The molecule has 1 amide bonds. The first kappa shape index (κ1) is 25.2. The van der Waals surface area contributed by atoms with Gasteiger partial charge in [0, 0.05) is 48.1 Å². The van der Waals surface area contributed by atoms with Gasteiger partial charge in [0.15, 0.2) is 11.3 Å². The highest BCUT2D eigenvalue weighted by molar-refractivity contribution is 6.10. The van der Waals surface area contributed by atoms with Gasteiger partial charge >= 0.3 is 5.97 Å². The van der Waals surface area contributed by atoms with Crippen molar-refractivity contribution in [1.29, 1.82) is 0 Å². The van der Waals surface area contributed by atoms with Crippen LogP contribution in [0, 0.1) is 12.8 Å². The third-order valence-corrected chi connectivity index (χ3v) is 6.15. The zero-order chi connectivity index (χ0) is 25.8. The molecule has 0 spiro atoms. The van der Waals surface area contributed by atoms with Crippen LogP contribution in [0.25, 0.3) is 33.3 Å². The molecule has 2 aromatic rings. The molecule has 8 heteroatoms. The van der Waals surface area contributed by atoms with Gasteiger partial charge in [-0.2, -0.15) is 0 Å². The van der Waals surface area contributed by atoms with Crippen LogP contribution in [0.15, 0.2) is 51.9 Å². The van der Waals surface area contributed by atoms with Crippen molar-refractivity contribution in [2.45, 2.75) is 40.2 Å². The molecule has 0 bridgehead atoms. The quantitative estimate of drug-likeness (QED) is 0.216. The molecule has 188 valence electrons. The first-order valence-corrected chi connectivity index (χ1v) is 12.2. The van der Waals surface area contributed by atoms with Gasteiger partial charge in [-0.1, -0.05) is 38.1 Å². The number of hydrogen-bond acceptors (Lipinski definition) is 7. The average Bonchev–Trinajstić information content (AvgIpc) is 2.86. The third-order valence-electron chi connectivity index (χ3n) is 6.15. The van der Waals surface area contributed by atoms with Crippen molar-refractivity contribution in [3.05, 3.63) is 53.4 Å². The van der Waals surface area contributed by atoms with E-state index < -0.39 is 12.0 Å². The van der Waals surface area contributed by atoms with Crippen LogP contribution in [0.5, 0.6) is 0 Å². The number of aryl methyl sites for hydroxylation is 1. The van der Waals surface area contributed by atoms with E-state index in [9.17, 15) is 9.59 Å². The molecule has 1 unspecified atom stereocenters. The third kappa shape index (κ3) is 5.17. The lowest BCUT2D eigenvalue weighted by molar-refractivity contribution is -0.146. The maximum absolute atomic E-state index is 12.5. The fourth-order valence-corrected chi connectivity index (χ4v) is 4.27. The monoisotopic (exact) mass is 488 g/mol. The molecule has 0 radical (unpaired) electrons. The Morgan fingerprint density at radius 1 is 1.14 bits per heavy atom. The van der Waals surface area contributed by atoms with Crippen LogP contribution in [0.3, 0.4) is 0 Å². The summed E-state index contributed by atoms with van der Waals surface area (Å²) < 4.78 is 11.1. The Morgan fingerprint density at radius 2 is 1.89 bits per heavy atom. The number of nitrogens with one attached hydrogen (secondary N) is 2. The molecule has 0 saturated carbocycles. The van der Waals surface area contributed by atoms with Gasteiger partial charge in [0.05, 0.1) is 12.5 Å². The number of carbonyl (C=O) groups excluding carboxylic acids is 2. The summed E-state index contributed by atoms with van der Waals surface area (Å²) in [5, 5.41) is 8.97. The summed E-state index contributed by atoms with van der Waals surface area (Å²) in [7, 11) is 1.32. The summed E-state index contributed by atoms with van der Waals surface area (Å²) in [5.74, 6) is -0.0736. The lowest BCUT2D eigenvalue weighted by atomic mass is 10.0. The maximum Gasteiger partial charge on any atom is 0.328 e. The standard InChI is InChI=1S/C28H32N4O4/c1-6-29-20-14-23-22(13-17(20)4)31-27-19-10-8-7-9-18(19)21(15-24(27)36-23)30-12-11-25(33)32-26(16(2)3)28(34)35-5/h7-10,13-16,26,30H,6,11-12H2,1-5H3,(H,32,33). The fraction of sp³-hybridized carbons (Fsp3) is 0.357. The SMILES string of the molecule is CCN=c1cc2oc3cc(NCCC(=O)NC(C(=O)OC)C(C)C)c4ccccc4c3nc-2cc1C. The van der Waals surface area contributed by atoms with Crippen LogP contribution in [-0.4, -0.2) is 43.1 Å². The first-order valence-electron chi connectivity index (χ1n) is 12.2. The molecule has 1 atom stereocenters. The van der Waals surface area contributed by atoms with Crippen molar-refractivity contribution >= 4 is 39.4 Å². The van der Waals surface area contributed by atoms with Gasteiger partial charge in [-0.05, 0) is 31.4 Å². The number of anilines is 1. The molecule has 1 aliphatic heterocycles. The van der Waals surface area contributed by atoms with Gasteiger partial charge in [-0.3, -0.25) is 9.79 Å². The predicted molar refractivity (Wildman–Crippen MR) is 141 cm³/mol. The lowest BCUT2D eigenvalue weighted by Crippen LogP contribution is -2.45. The molecule has 0 fully saturated rings. The van der Waals surface area contributed by atoms with Gasteiger partial charge in [0.2, 0.25) is 5.91 Å². The summed E-state index contributed by atoms with van der Waals surface area (Å²) in [5.41, 5.74) is 4.10.